The number of nitrogens with one attached hydrogen (secondary N) is 1. The van der Waals surface area contributed by atoms with Crippen molar-refractivity contribution in [2.75, 3.05) is 19.7 Å². The third-order valence-corrected chi connectivity index (χ3v) is 5.15. The standard InChI is InChI=1S/C21H31N5O3/c1-5-29-18-12-16(6-7-17(18)27)13-25-9-8-19-23-24-20(26(19)11-10-25)15(4)22-21(28)14(2)3/h6-7,12,14-15,27H,5,8-11,13H2,1-4H3,(H,22,28)/t15-/m1/s1. The summed E-state index contributed by atoms with van der Waals surface area (Å²) in [7, 11) is 0. The third kappa shape index (κ3) is 5.06. The molecule has 158 valence electrons. The number of phenols is 1. The molecular weight excluding hydrogens is 370 g/mol. The Labute approximate surface area is 171 Å². The van der Waals surface area contributed by atoms with Crippen molar-refractivity contribution >= 4 is 5.91 Å². The number of hydrogen-bond donors (Lipinski definition) is 2. The maximum absolute atomic E-state index is 12.0. The van der Waals surface area contributed by atoms with E-state index >= 15 is 0 Å². The monoisotopic (exact) mass is 401 g/mol. The summed E-state index contributed by atoms with van der Waals surface area (Å²) in [6, 6.07) is 5.34. The van der Waals surface area contributed by atoms with Gasteiger partial charge in [-0.15, -0.1) is 10.2 Å². The molecule has 2 N–H and O–H groups in total. The summed E-state index contributed by atoms with van der Waals surface area (Å²) in [6.07, 6.45) is 0.800. The first-order valence-electron chi connectivity index (χ1n) is 10.3. The van der Waals surface area contributed by atoms with Crippen LogP contribution in [0.5, 0.6) is 11.5 Å². The molecule has 0 fully saturated rings. The van der Waals surface area contributed by atoms with E-state index in [1.54, 1.807) is 6.07 Å². The van der Waals surface area contributed by atoms with Crippen LogP contribution in [0.15, 0.2) is 18.2 Å². The molecule has 29 heavy (non-hydrogen) atoms. The van der Waals surface area contributed by atoms with Crippen LogP contribution in [0.4, 0.5) is 0 Å². The molecule has 2 aromatic rings. The minimum atomic E-state index is -0.177. The molecule has 1 aliphatic rings. The highest BCUT2D eigenvalue weighted by atomic mass is 16.5. The lowest BCUT2D eigenvalue weighted by molar-refractivity contribution is -0.124. The Bertz CT molecular complexity index is 849. The Morgan fingerprint density at radius 1 is 1.24 bits per heavy atom. The fourth-order valence-corrected chi connectivity index (χ4v) is 3.50. The number of phenolic OH excluding ortho intramolecular Hbond substituents is 1. The van der Waals surface area contributed by atoms with Crippen LogP contribution in [0, 0.1) is 5.92 Å². The van der Waals surface area contributed by atoms with Gasteiger partial charge in [-0.3, -0.25) is 9.69 Å². The van der Waals surface area contributed by atoms with Crippen molar-refractivity contribution in [3.05, 3.63) is 35.4 Å². The summed E-state index contributed by atoms with van der Waals surface area (Å²) in [5.74, 6) is 2.40. The van der Waals surface area contributed by atoms with Crippen LogP contribution >= 0.6 is 0 Å². The fourth-order valence-electron chi connectivity index (χ4n) is 3.50. The molecule has 1 aliphatic heterocycles. The van der Waals surface area contributed by atoms with Crippen LogP contribution in [-0.4, -0.2) is 50.4 Å². The Kier molecular flexibility index (Phi) is 6.74. The van der Waals surface area contributed by atoms with Crippen molar-refractivity contribution in [2.45, 2.75) is 53.2 Å². The van der Waals surface area contributed by atoms with E-state index in [2.05, 4.69) is 25.0 Å². The first-order chi connectivity index (χ1) is 13.9. The number of fused-ring (bicyclic) bond motifs is 1. The first-order valence-corrected chi connectivity index (χ1v) is 10.3. The number of ether oxygens (including phenoxy) is 1. The van der Waals surface area contributed by atoms with E-state index in [0.717, 1.165) is 49.8 Å². The second kappa shape index (κ2) is 9.26. The zero-order valence-corrected chi connectivity index (χ0v) is 17.7. The third-order valence-electron chi connectivity index (χ3n) is 5.15. The number of hydrogen-bond acceptors (Lipinski definition) is 6. The molecule has 0 saturated heterocycles. The molecule has 8 nitrogen and oxygen atoms in total. The van der Waals surface area contributed by atoms with Gasteiger partial charge in [0.25, 0.3) is 0 Å². The van der Waals surface area contributed by atoms with E-state index < -0.39 is 0 Å². The van der Waals surface area contributed by atoms with Gasteiger partial charge in [-0.05, 0) is 31.5 Å². The van der Waals surface area contributed by atoms with Gasteiger partial charge in [0.05, 0.1) is 12.6 Å². The average Bonchev–Trinajstić information content (AvgIpc) is 2.99. The van der Waals surface area contributed by atoms with Gasteiger partial charge in [0.2, 0.25) is 5.91 Å². The Balaban J connectivity index is 1.66. The number of amides is 1. The molecule has 3 rings (SSSR count). The zero-order chi connectivity index (χ0) is 21.0. The van der Waals surface area contributed by atoms with E-state index in [1.165, 1.54) is 0 Å². The molecule has 1 aromatic carbocycles. The largest absolute Gasteiger partial charge is 0.504 e. The number of rotatable bonds is 7. The summed E-state index contributed by atoms with van der Waals surface area (Å²) in [4.78, 5) is 14.4. The lowest BCUT2D eigenvalue weighted by atomic mass is 10.2. The molecule has 8 heteroatoms. The predicted molar refractivity (Wildman–Crippen MR) is 110 cm³/mol. The quantitative estimate of drug-likeness (QED) is 0.739. The van der Waals surface area contributed by atoms with Crippen molar-refractivity contribution in [1.82, 2.24) is 25.0 Å². The van der Waals surface area contributed by atoms with E-state index in [0.29, 0.717) is 12.4 Å². The first kappa shape index (κ1) is 21.1. The van der Waals surface area contributed by atoms with Gasteiger partial charge >= 0.3 is 0 Å². The summed E-state index contributed by atoms with van der Waals surface area (Å²) in [6.45, 7) is 11.4. The molecular formula is C21H31N5O3. The minimum Gasteiger partial charge on any atom is -0.504 e. The van der Waals surface area contributed by atoms with E-state index in [4.69, 9.17) is 4.74 Å². The lowest BCUT2D eigenvalue weighted by Crippen LogP contribution is -2.32. The summed E-state index contributed by atoms with van der Waals surface area (Å²) >= 11 is 0. The molecule has 1 amide bonds. The number of benzene rings is 1. The topological polar surface area (TPSA) is 92.5 Å². The predicted octanol–water partition coefficient (Wildman–Crippen LogP) is 2.27. The summed E-state index contributed by atoms with van der Waals surface area (Å²) in [5.41, 5.74) is 1.10. The number of aromatic nitrogens is 3. The maximum atomic E-state index is 12.0. The fraction of sp³-hybridized carbons (Fsp3) is 0.571. The maximum Gasteiger partial charge on any atom is 0.223 e. The SMILES string of the molecule is CCOc1cc(CN2CCc3nnc([C@@H](C)NC(=O)C(C)C)n3CC2)ccc1O. The normalized spacial score (nSPS) is 15.6. The van der Waals surface area contributed by atoms with Gasteiger partial charge in [0.1, 0.15) is 5.82 Å². The highest BCUT2D eigenvalue weighted by Gasteiger charge is 2.23. The number of aromatic hydroxyl groups is 1. The van der Waals surface area contributed by atoms with E-state index in [9.17, 15) is 9.90 Å². The molecule has 0 bridgehead atoms. The highest BCUT2D eigenvalue weighted by molar-refractivity contribution is 5.78. The molecule has 0 spiro atoms. The van der Waals surface area contributed by atoms with Gasteiger partial charge < -0.3 is 19.7 Å². The Hall–Kier alpha value is -2.61. The van der Waals surface area contributed by atoms with E-state index in [1.807, 2.05) is 39.8 Å². The smallest absolute Gasteiger partial charge is 0.223 e. The Morgan fingerprint density at radius 2 is 2.03 bits per heavy atom. The van der Waals surface area contributed by atoms with Crippen molar-refractivity contribution in [3.63, 3.8) is 0 Å². The minimum absolute atomic E-state index is 0.0162. The number of carbonyl (C=O) groups excluding carboxylic acids is 1. The average molecular weight is 402 g/mol. The van der Waals surface area contributed by atoms with Crippen LogP contribution in [-0.2, 0) is 24.3 Å². The summed E-state index contributed by atoms with van der Waals surface area (Å²) in [5, 5.41) is 21.6. The number of carbonyl (C=O) groups is 1. The van der Waals surface area contributed by atoms with Crippen LogP contribution in [0.2, 0.25) is 0 Å². The molecule has 0 unspecified atom stereocenters. The number of nitrogens with zero attached hydrogens (tertiary/aromatic N) is 4. The molecule has 1 aromatic heterocycles. The molecule has 1 atom stereocenters. The second-order valence-corrected chi connectivity index (χ2v) is 7.77. The molecule has 0 aliphatic carbocycles. The van der Waals surface area contributed by atoms with Crippen molar-refractivity contribution in [3.8, 4) is 11.5 Å². The zero-order valence-electron chi connectivity index (χ0n) is 17.7. The molecule has 0 radical (unpaired) electrons. The van der Waals surface area contributed by atoms with Crippen molar-refractivity contribution in [2.24, 2.45) is 5.92 Å². The Morgan fingerprint density at radius 3 is 2.76 bits per heavy atom. The van der Waals surface area contributed by atoms with Crippen molar-refractivity contribution in [1.29, 1.82) is 0 Å². The van der Waals surface area contributed by atoms with Crippen LogP contribution < -0.4 is 10.1 Å². The van der Waals surface area contributed by atoms with Crippen LogP contribution in [0.25, 0.3) is 0 Å². The van der Waals surface area contributed by atoms with Gasteiger partial charge in [-0.25, -0.2) is 0 Å². The summed E-state index contributed by atoms with van der Waals surface area (Å²) < 4.78 is 7.63. The van der Waals surface area contributed by atoms with Crippen LogP contribution in [0.3, 0.4) is 0 Å². The highest BCUT2D eigenvalue weighted by Crippen LogP contribution is 2.27. The van der Waals surface area contributed by atoms with E-state index in [-0.39, 0.29) is 23.6 Å². The van der Waals surface area contributed by atoms with Crippen molar-refractivity contribution < 1.29 is 14.6 Å². The van der Waals surface area contributed by atoms with Gasteiger partial charge in [-0.2, -0.15) is 0 Å². The lowest BCUT2D eigenvalue weighted by Gasteiger charge is -2.21. The van der Waals surface area contributed by atoms with Crippen LogP contribution in [0.1, 0.15) is 50.9 Å². The van der Waals surface area contributed by atoms with Gasteiger partial charge in [0, 0.05) is 38.5 Å². The van der Waals surface area contributed by atoms with Gasteiger partial charge in [-0.1, -0.05) is 19.9 Å². The van der Waals surface area contributed by atoms with Gasteiger partial charge in [0.15, 0.2) is 17.3 Å². The molecule has 0 saturated carbocycles. The second-order valence-electron chi connectivity index (χ2n) is 7.77. The molecule has 2 heterocycles.